The van der Waals surface area contributed by atoms with E-state index in [4.69, 9.17) is 5.73 Å². The molecule has 4 rings (SSSR count). The number of aliphatic hydroxyl groups is 1. The topological polar surface area (TPSA) is 258 Å². The average Bonchev–Trinajstić information content (AvgIpc) is 3.91. The number of hydrogen-bond acceptors (Lipinski definition) is 10. The summed E-state index contributed by atoms with van der Waals surface area (Å²) in [5.74, 6) is -4.23. The Morgan fingerprint density at radius 2 is 1.33 bits per heavy atom. The molecule has 18 heteroatoms. The number of aromatic amines is 1. The first-order chi connectivity index (χ1) is 27.8. The van der Waals surface area contributed by atoms with Gasteiger partial charge in [0, 0.05) is 44.6 Å². The number of primary amides is 1. The van der Waals surface area contributed by atoms with Gasteiger partial charge in [0.2, 0.25) is 41.4 Å². The SMILES string of the molecule is CSCC[C@H](NC(=O)[C@H](Cc1cnc[nH]1)NC(=O)[C@H](Cc1ccccc1)NC(=O)[C@H](Cc1ccccc1)NC(C)=O)C(=O)N[C@H](C(=O)N1CCC[C@H]1C(N)=O)[C@@H](C)O. The van der Waals surface area contributed by atoms with Crippen molar-refractivity contribution in [3.63, 3.8) is 0 Å². The van der Waals surface area contributed by atoms with Gasteiger partial charge in [-0.05, 0) is 49.3 Å². The Labute approximate surface area is 341 Å². The summed E-state index contributed by atoms with van der Waals surface area (Å²) in [4.78, 5) is 102. The monoisotopic (exact) mass is 819 g/mol. The number of likely N-dealkylation sites (tertiary alicyclic amines) is 1. The minimum atomic E-state index is -1.44. The maximum Gasteiger partial charge on any atom is 0.248 e. The number of aromatic nitrogens is 2. The molecule has 1 aliphatic rings. The lowest BCUT2D eigenvalue weighted by molar-refractivity contribution is -0.143. The highest BCUT2D eigenvalue weighted by molar-refractivity contribution is 7.98. The van der Waals surface area contributed by atoms with E-state index < -0.39 is 83.7 Å². The summed E-state index contributed by atoms with van der Waals surface area (Å²) in [6.45, 7) is 2.84. The molecular formula is C40H53N9O8S. The average molecular weight is 820 g/mol. The zero-order valence-electron chi connectivity index (χ0n) is 32.8. The second-order valence-electron chi connectivity index (χ2n) is 14.2. The van der Waals surface area contributed by atoms with Crippen molar-refractivity contribution < 1.29 is 38.7 Å². The number of nitrogens with one attached hydrogen (secondary N) is 6. The second-order valence-corrected chi connectivity index (χ2v) is 15.2. The first-order valence-corrected chi connectivity index (χ1v) is 20.5. The van der Waals surface area contributed by atoms with Crippen molar-refractivity contribution in [2.45, 2.75) is 94.7 Å². The predicted molar refractivity (Wildman–Crippen MR) is 217 cm³/mol. The van der Waals surface area contributed by atoms with Gasteiger partial charge in [0.25, 0.3) is 0 Å². The molecule has 0 bridgehead atoms. The molecule has 0 unspecified atom stereocenters. The molecule has 1 aromatic heterocycles. The van der Waals surface area contributed by atoms with Crippen LogP contribution in [0.2, 0.25) is 0 Å². The number of imidazole rings is 1. The minimum absolute atomic E-state index is 0.0378. The molecule has 0 aliphatic carbocycles. The highest BCUT2D eigenvalue weighted by Crippen LogP contribution is 2.19. The van der Waals surface area contributed by atoms with E-state index in [2.05, 4.69) is 36.6 Å². The molecule has 0 spiro atoms. The van der Waals surface area contributed by atoms with Crippen molar-refractivity contribution in [2.24, 2.45) is 5.73 Å². The summed E-state index contributed by atoms with van der Waals surface area (Å²) >= 11 is 1.41. The molecule has 58 heavy (non-hydrogen) atoms. The molecule has 1 fully saturated rings. The fourth-order valence-electron chi connectivity index (χ4n) is 6.66. The number of nitrogens with zero attached hydrogens (tertiary/aromatic N) is 2. The molecule has 0 saturated carbocycles. The fourth-order valence-corrected chi connectivity index (χ4v) is 7.13. The molecule has 17 nitrogen and oxygen atoms in total. The molecule has 2 aromatic carbocycles. The Morgan fingerprint density at radius 3 is 1.81 bits per heavy atom. The number of carbonyl (C=O) groups excluding carboxylic acids is 7. The van der Waals surface area contributed by atoms with Crippen LogP contribution >= 0.6 is 11.8 Å². The Bertz CT molecular complexity index is 1850. The third-order valence-electron chi connectivity index (χ3n) is 9.66. The summed E-state index contributed by atoms with van der Waals surface area (Å²) in [7, 11) is 0. The van der Waals surface area contributed by atoms with Crippen molar-refractivity contribution in [1.29, 1.82) is 0 Å². The van der Waals surface area contributed by atoms with Gasteiger partial charge in [-0.1, -0.05) is 60.7 Å². The van der Waals surface area contributed by atoms with E-state index in [1.165, 1.54) is 43.0 Å². The Kier molecular flexibility index (Phi) is 17.3. The van der Waals surface area contributed by atoms with Crippen LogP contribution in [0.15, 0.2) is 73.2 Å². The molecular weight excluding hydrogens is 767 g/mol. The molecule has 0 radical (unpaired) electrons. The normalized spacial score (nSPS) is 16.8. The van der Waals surface area contributed by atoms with Gasteiger partial charge in [-0.25, -0.2) is 4.98 Å². The number of H-pyrrole nitrogens is 1. The van der Waals surface area contributed by atoms with Crippen molar-refractivity contribution in [3.05, 3.63) is 90.0 Å². The lowest BCUT2D eigenvalue weighted by Crippen LogP contribution is -2.61. The van der Waals surface area contributed by atoms with Crippen LogP contribution in [0.1, 0.15) is 49.9 Å². The molecule has 9 N–H and O–H groups in total. The van der Waals surface area contributed by atoms with Crippen molar-refractivity contribution in [2.75, 3.05) is 18.6 Å². The van der Waals surface area contributed by atoms with Gasteiger partial charge in [-0.2, -0.15) is 11.8 Å². The van der Waals surface area contributed by atoms with Crippen LogP contribution in [0.25, 0.3) is 0 Å². The van der Waals surface area contributed by atoms with Crippen molar-refractivity contribution in [1.82, 2.24) is 41.5 Å². The van der Waals surface area contributed by atoms with Gasteiger partial charge in [-0.3, -0.25) is 33.6 Å². The van der Waals surface area contributed by atoms with Gasteiger partial charge in [-0.15, -0.1) is 0 Å². The van der Waals surface area contributed by atoms with Crippen LogP contribution in [0.5, 0.6) is 0 Å². The maximum absolute atomic E-state index is 14.2. The Balaban J connectivity index is 1.57. The van der Waals surface area contributed by atoms with E-state index in [1.807, 2.05) is 42.7 Å². The lowest BCUT2D eigenvalue weighted by atomic mass is 10.0. The van der Waals surface area contributed by atoms with Gasteiger partial charge in [0.15, 0.2) is 0 Å². The summed E-state index contributed by atoms with van der Waals surface area (Å²) in [5.41, 5.74) is 7.49. The minimum Gasteiger partial charge on any atom is -0.391 e. The lowest BCUT2D eigenvalue weighted by Gasteiger charge is -2.31. The van der Waals surface area contributed by atoms with E-state index in [0.717, 1.165) is 5.56 Å². The van der Waals surface area contributed by atoms with Crippen molar-refractivity contribution in [3.8, 4) is 0 Å². The standard InChI is InChI=1S/C40H53N9O8S/c1-24(50)34(40(57)49-17-10-15-33(49)35(41)52)48-36(53)29(16-18-58-3)45-39(56)32(21-28-22-42-23-43-28)47-38(55)31(20-27-13-8-5-9-14-27)46-37(54)30(44-25(2)51)19-26-11-6-4-7-12-26/h4-9,11-14,22-24,29-34,50H,10,15-21H2,1-3H3,(H2,41,52)(H,42,43)(H,44,51)(H,45,56)(H,46,54)(H,47,55)(H,48,53)/t24-,29+,30+,31+,32+,33+,34+/m1/s1. The van der Waals surface area contributed by atoms with E-state index in [9.17, 15) is 38.7 Å². The van der Waals surface area contributed by atoms with Gasteiger partial charge >= 0.3 is 0 Å². The number of nitrogens with two attached hydrogens (primary N) is 1. The smallest absolute Gasteiger partial charge is 0.248 e. The molecule has 1 saturated heterocycles. The predicted octanol–water partition coefficient (Wildman–Crippen LogP) is -0.508. The summed E-state index contributed by atoms with van der Waals surface area (Å²) < 4.78 is 0. The number of benzene rings is 2. The number of hydrogen-bond donors (Lipinski definition) is 8. The van der Waals surface area contributed by atoms with Crippen molar-refractivity contribution >= 4 is 53.1 Å². The quantitative estimate of drug-likeness (QED) is 0.0683. The molecule has 3 aromatic rings. The second kappa shape index (κ2) is 22.3. The zero-order chi connectivity index (χ0) is 42.2. The summed E-state index contributed by atoms with van der Waals surface area (Å²) in [6, 6.07) is 11.0. The molecule has 312 valence electrons. The molecule has 1 aliphatic heterocycles. The largest absolute Gasteiger partial charge is 0.391 e. The first kappa shape index (κ1) is 45.0. The van der Waals surface area contributed by atoms with Gasteiger partial charge < -0.3 is 47.3 Å². The number of aliphatic hydroxyl groups excluding tert-OH is 1. The van der Waals surface area contributed by atoms with Crippen LogP contribution in [-0.4, -0.2) is 122 Å². The number of carbonyl (C=O) groups is 7. The number of amides is 7. The highest BCUT2D eigenvalue weighted by Gasteiger charge is 2.40. The highest BCUT2D eigenvalue weighted by atomic mass is 32.2. The Morgan fingerprint density at radius 1 is 0.810 bits per heavy atom. The number of rotatable bonds is 21. The molecule has 7 amide bonds. The van der Waals surface area contributed by atoms with Crippen LogP contribution in [0.4, 0.5) is 0 Å². The molecule has 7 atom stereocenters. The van der Waals surface area contributed by atoms with E-state index >= 15 is 0 Å². The fraction of sp³-hybridized carbons (Fsp3) is 0.450. The van der Waals surface area contributed by atoms with Crippen LogP contribution in [0.3, 0.4) is 0 Å². The van der Waals surface area contributed by atoms with Crippen LogP contribution in [-0.2, 0) is 52.8 Å². The number of thioether (sulfide) groups is 1. The van der Waals surface area contributed by atoms with Gasteiger partial charge in [0.1, 0.15) is 36.3 Å². The maximum atomic E-state index is 14.2. The van der Waals surface area contributed by atoms with Crippen LogP contribution < -0.4 is 32.3 Å². The third-order valence-corrected chi connectivity index (χ3v) is 10.3. The van der Waals surface area contributed by atoms with E-state index in [-0.39, 0.29) is 32.2 Å². The summed E-state index contributed by atoms with van der Waals surface area (Å²) in [5, 5.41) is 24.1. The first-order valence-electron chi connectivity index (χ1n) is 19.1. The van der Waals surface area contributed by atoms with Crippen LogP contribution in [0, 0.1) is 0 Å². The Hall–Kier alpha value is -5.75. The zero-order valence-corrected chi connectivity index (χ0v) is 33.6. The summed E-state index contributed by atoms with van der Waals surface area (Å²) in [6.07, 6.45) is 4.46. The molecule has 2 heterocycles. The third kappa shape index (κ3) is 13.4. The van der Waals surface area contributed by atoms with Gasteiger partial charge in [0.05, 0.1) is 12.4 Å². The van der Waals surface area contributed by atoms with E-state index in [1.54, 1.807) is 24.3 Å². The van der Waals surface area contributed by atoms with E-state index in [0.29, 0.717) is 29.9 Å².